The Morgan fingerprint density at radius 2 is 2.26 bits per heavy atom. The minimum Gasteiger partial charge on any atom is -0.334 e. The van der Waals surface area contributed by atoms with E-state index in [0.29, 0.717) is 12.5 Å². The Hall–Kier alpha value is -0.870. The number of benzene rings is 1. The largest absolute Gasteiger partial charge is 0.334 e. The molecule has 4 heteroatoms. The van der Waals surface area contributed by atoms with E-state index in [4.69, 9.17) is 5.73 Å². The van der Waals surface area contributed by atoms with Gasteiger partial charge in [0.2, 0.25) is 0 Å². The molecule has 3 nitrogen and oxygen atoms in total. The van der Waals surface area contributed by atoms with Gasteiger partial charge in [-0.25, -0.2) is 0 Å². The van der Waals surface area contributed by atoms with Gasteiger partial charge in [0.1, 0.15) is 0 Å². The zero-order valence-corrected chi connectivity index (χ0v) is 13.1. The lowest BCUT2D eigenvalue weighted by Crippen LogP contribution is -2.49. The highest BCUT2D eigenvalue weighted by Crippen LogP contribution is 2.25. The smallest absolute Gasteiger partial charge is 0.254 e. The lowest BCUT2D eigenvalue weighted by molar-refractivity contribution is 0.0573. The Morgan fingerprint density at radius 3 is 2.89 bits per heavy atom. The van der Waals surface area contributed by atoms with Gasteiger partial charge < -0.3 is 10.6 Å². The quantitative estimate of drug-likeness (QED) is 0.909. The third kappa shape index (κ3) is 3.18. The summed E-state index contributed by atoms with van der Waals surface area (Å²) in [6.07, 6.45) is 2.07. The van der Waals surface area contributed by atoms with Gasteiger partial charge in [-0.05, 0) is 43.4 Å². The van der Waals surface area contributed by atoms with Crippen LogP contribution in [0.15, 0.2) is 22.7 Å². The summed E-state index contributed by atoms with van der Waals surface area (Å²) in [6, 6.07) is 5.95. The van der Waals surface area contributed by atoms with E-state index < -0.39 is 0 Å². The molecule has 1 fully saturated rings. The fraction of sp³-hybridized carbons (Fsp3) is 0.533. The van der Waals surface area contributed by atoms with Crippen molar-refractivity contribution >= 4 is 21.8 Å². The number of nitrogens with zero attached hydrogens (tertiary/aromatic N) is 1. The molecular formula is C15H21BrN2O. The van der Waals surface area contributed by atoms with Crippen molar-refractivity contribution in [3.63, 3.8) is 0 Å². The molecule has 0 aliphatic carbocycles. The average molecular weight is 325 g/mol. The fourth-order valence-electron chi connectivity index (χ4n) is 2.63. The number of likely N-dealkylation sites (tertiary alicyclic amines) is 1. The zero-order chi connectivity index (χ0) is 14.0. The molecule has 1 saturated heterocycles. The van der Waals surface area contributed by atoms with E-state index in [1.165, 1.54) is 0 Å². The standard InChI is InChI=1S/C15H21BrN2O/c1-10-5-6-18(13(7-10)9-17)15(19)12-4-3-11(2)14(16)8-12/h3-4,8,10,13H,5-7,9,17H2,1-2H3. The number of piperidine rings is 1. The van der Waals surface area contributed by atoms with Crippen molar-refractivity contribution in [2.24, 2.45) is 11.7 Å². The molecular weight excluding hydrogens is 304 g/mol. The molecule has 1 aromatic rings. The lowest BCUT2D eigenvalue weighted by Gasteiger charge is -2.38. The summed E-state index contributed by atoms with van der Waals surface area (Å²) in [6.45, 7) is 5.60. The van der Waals surface area contributed by atoms with Crippen molar-refractivity contribution in [1.29, 1.82) is 0 Å². The second-order valence-electron chi connectivity index (χ2n) is 5.48. The number of aryl methyl sites for hydroxylation is 1. The summed E-state index contributed by atoms with van der Waals surface area (Å²) in [7, 11) is 0. The number of halogens is 1. The maximum absolute atomic E-state index is 12.6. The van der Waals surface area contributed by atoms with Crippen LogP contribution in [0, 0.1) is 12.8 Å². The van der Waals surface area contributed by atoms with Crippen molar-refractivity contribution in [3.05, 3.63) is 33.8 Å². The van der Waals surface area contributed by atoms with Gasteiger partial charge in [-0.2, -0.15) is 0 Å². The molecule has 2 N–H and O–H groups in total. The minimum atomic E-state index is 0.100. The molecule has 104 valence electrons. The summed E-state index contributed by atoms with van der Waals surface area (Å²) < 4.78 is 0.980. The summed E-state index contributed by atoms with van der Waals surface area (Å²) >= 11 is 3.48. The Bertz CT molecular complexity index is 475. The predicted molar refractivity (Wildman–Crippen MR) is 81.2 cm³/mol. The van der Waals surface area contributed by atoms with Crippen LogP contribution >= 0.6 is 15.9 Å². The van der Waals surface area contributed by atoms with Crippen molar-refractivity contribution < 1.29 is 4.79 Å². The number of amides is 1. The molecule has 1 aromatic carbocycles. The third-order valence-electron chi connectivity index (χ3n) is 3.93. The van der Waals surface area contributed by atoms with Crippen LogP contribution in [0.3, 0.4) is 0 Å². The van der Waals surface area contributed by atoms with E-state index in [0.717, 1.165) is 35.0 Å². The first-order valence-electron chi connectivity index (χ1n) is 6.80. The maximum Gasteiger partial charge on any atom is 0.254 e. The van der Waals surface area contributed by atoms with Crippen LogP contribution in [0.5, 0.6) is 0 Å². The molecule has 1 amide bonds. The van der Waals surface area contributed by atoms with Crippen LogP contribution in [0.2, 0.25) is 0 Å². The highest BCUT2D eigenvalue weighted by atomic mass is 79.9. The van der Waals surface area contributed by atoms with E-state index in [9.17, 15) is 4.79 Å². The molecule has 1 aliphatic heterocycles. The van der Waals surface area contributed by atoms with Gasteiger partial charge in [-0.1, -0.05) is 28.9 Å². The van der Waals surface area contributed by atoms with E-state index in [1.807, 2.05) is 30.0 Å². The van der Waals surface area contributed by atoms with E-state index in [-0.39, 0.29) is 11.9 Å². The SMILES string of the molecule is Cc1ccc(C(=O)N2CCC(C)CC2CN)cc1Br. The summed E-state index contributed by atoms with van der Waals surface area (Å²) in [5.41, 5.74) is 7.70. The molecule has 0 aromatic heterocycles. The highest BCUT2D eigenvalue weighted by molar-refractivity contribution is 9.10. The molecule has 1 heterocycles. The Balaban J connectivity index is 2.20. The van der Waals surface area contributed by atoms with Crippen LogP contribution in [-0.4, -0.2) is 29.9 Å². The van der Waals surface area contributed by atoms with Gasteiger partial charge in [0, 0.05) is 29.2 Å². The van der Waals surface area contributed by atoms with Crippen molar-refractivity contribution in [2.45, 2.75) is 32.7 Å². The zero-order valence-electron chi connectivity index (χ0n) is 11.5. The summed E-state index contributed by atoms with van der Waals surface area (Å²) in [5, 5.41) is 0. The first-order chi connectivity index (χ1) is 9.02. The van der Waals surface area contributed by atoms with Gasteiger partial charge in [-0.15, -0.1) is 0 Å². The molecule has 0 saturated carbocycles. The van der Waals surface area contributed by atoms with Gasteiger partial charge in [0.05, 0.1) is 0 Å². The molecule has 2 unspecified atom stereocenters. The number of nitrogens with two attached hydrogens (primary N) is 1. The van der Waals surface area contributed by atoms with E-state index >= 15 is 0 Å². The van der Waals surface area contributed by atoms with E-state index in [2.05, 4.69) is 22.9 Å². The first kappa shape index (κ1) is 14.5. The molecule has 1 aliphatic rings. The molecule has 2 atom stereocenters. The van der Waals surface area contributed by atoms with Gasteiger partial charge in [0.15, 0.2) is 0 Å². The second kappa shape index (κ2) is 6.06. The third-order valence-corrected chi connectivity index (χ3v) is 4.78. The number of rotatable bonds is 2. The molecule has 0 spiro atoms. The van der Waals surface area contributed by atoms with Gasteiger partial charge in [0.25, 0.3) is 5.91 Å². The topological polar surface area (TPSA) is 46.3 Å². The molecule has 19 heavy (non-hydrogen) atoms. The molecule has 0 bridgehead atoms. The Kier molecular flexibility index (Phi) is 4.63. The van der Waals surface area contributed by atoms with Crippen LogP contribution < -0.4 is 5.73 Å². The number of hydrogen-bond acceptors (Lipinski definition) is 2. The van der Waals surface area contributed by atoms with Crippen LogP contribution in [0.25, 0.3) is 0 Å². The molecule has 2 rings (SSSR count). The summed E-state index contributed by atoms with van der Waals surface area (Å²) in [5.74, 6) is 0.755. The minimum absolute atomic E-state index is 0.100. The Morgan fingerprint density at radius 1 is 1.53 bits per heavy atom. The van der Waals surface area contributed by atoms with Crippen LogP contribution in [-0.2, 0) is 0 Å². The predicted octanol–water partition coefficient (Wildman–Crippen LogP) is 2.96. The monoisotopic (exact) mass is 324 g/mol. The van der Waals surface area contributed by atoms with Crippen LogP contribution in [0.4, 0.5) is 0 Å². The maximum atomic E-state index is 12.6. The van der Waals surface area contributed by atoms with Crippen molar-refractivity contribution in [2.75, 3.05) is 13.1 Å². The normalized spacial score (nSPS) is 23.5. The number of carbonyl (C=O) groups excluding carboxylic acids is 1. The van der Waals surface area contributed by atoms with E-state index in [1.54, 1.807) is 0 Å². The number of hydrogen-bond donors (Lipinski definition) is 1. The van der Waals surface area contributed by atoms with Crippen LogP contribution in [0.1, 0.15) is 35.7 Å². The highest BCUT2D eigenvalue weighted by Gasteiger charge is 2.29. The first-order valence-corrected chi connectivity index (χ1v) is 7.59. The lowest BCUT2D eigenvalue weighted by atomic mass is 9.92. The summed E-state index contributed by atoms with van der Waals surface area (Å²) in [4.78, 5) is 14.5. The molecule has 0 radical (unpaired) electrons. The number of carbonyl (C=O) groups is 1. The van der Waals surface area contributed by atoms with Gasteiger partial charge in [-0.3, -0.25) is 4.79 Å². The Labute approximate surface area is 123 Å². The van der Waals surface area contributed by atoms with Crippen molar-refractivity contribution in [1.82, 2.24) is 4.90 Å². The fourth-order valence-corrected chi connectivity index (χ4v) is 3.01. The second-order valence-corrected chi connectivity index (χ2v) is 6.34. The van der Waals surface area contributed by atoms with Gasteiger partial charge >= 0.3 is 0 Å². The average Bonchev–Trinajstić information content (AvgIpc) is 2.41. The van der Waals surface area contributed by atoms with Crippen molar-refractivity contribution in [3.8, 4) is 0 Å².